The van der Waals surface area contributed by atoms with Crippen molar-refractivity contribution in [3.05, 3.63) is 72.3 Å². The predicted octanol–water partition coefficient (Wildman–Crippen LogP) is 3.23. The Balaban J connectivity index is 1.48. The van der Waals surface area contributed by atoms with Crippen LogP contribution in [0.15, 0.2) is 55.1 Å². The van der Waals surface area contributed by atoms with Crippen LogP contribution in [0.2, 0.25) is 0 Å². The number of rotatable bonds is 6. The van der Waals surface area contributed by atoms with Crippen molar-refractivity contribution in [1.29, 1.82) is 0 Å². The van der Waals surface area contributed by atoms with Crippen LogP contribution in [0.4, 0.5) is 0 Å². The molecule has 0 aliphatic carbocycles. The maximum atomic E-state index is 13.2. The molecule has 0 N–H and O–H groups in total. The van der Waals surface area contributed by atoms with E-state index in [4.69, 9.17) is 0 Å². The fourth-order valence-electron chi connectivity index (χ4n) is 4.48. The lowest BCUT2D eigenvalue weighted by Crippen LogP contribution is -2.51. The second-order valence-electron chi connectivity index (χ2n) is 8.59. The third-order valence-electron chi connectivity index (χ3n) is 6.20. The average molecular weight is 421 g/mol. The molecule has 7 nitrogen and oxygen atoms in total. The molecule has 0 unspecified atom stereocenters. The number of aryl methyl sites for hydroxylation is 1. The van der Waals surface area contributed by atoms with Gasteiger partial charge in [0, 0.05) is 63.9 Å². The van der Waals surface area contributed by atoms with Gasteiger partial charge in [-0.2, -0.15) is 0 Å². The van der Waals surface area contributed by atoms with Crippen molar-refractivity contribution in [3.63, 3.8) is 0 Å². The van der Waals surface area contributed by atoms with Crippen molar-refractivity contribution in [2.75, 3.05) is 26.2 Å². The molecule has 1 aliphatic heterocycles. The van der Waals surface area contributed by atoms with E-state index in [9.17, 15) is 4.79 Å². The molecule has 31 heavy (non-hydrogen) atoms. The van der Waals surface area contributed by atoms with E-state index < -0.39 is 0 Å². The zero-order valence-corrected chi connectivity index (χ0v) is 18.8. The van der Waals surface area contributed by atoms with E-state index in [2.05, 4.69) is 57.5 Å². The second kappa shape index (κ2) is 9.06. The SMILES string of the molecule is CC(C)c1nccn1[C@@H](C)C(=O)N1CCN([C@@H](c2ccccc2)c2nccn2C)CC1. The quantitative estimate of drug-likeness (QED) is 0.614. The highest BCUT2D eigenvalue weighted by Crippen LogP contribution is 2.29. The summed E-state index contributed by atoms with van der Waals surface area (Å²) in [4.78, 5) is 26.8. The minimum absolute atomic E-state index is 0.0806. The first kappa shape index (κ1) is 21.3. The molecule has 0 saturated carbocycles. The Kier molecular flexibility index (Phi) is 6.23. The number of hydrogen-bond donors (Lipinski definition) is 0. The van der Waals surface area contributed by atoms with E-state index in [1.54, 1.807) is 6.20 Å². The molecule has 1 aromatic carbocycles. The van der Waals surface area contributed by atoms with Gasteiger partial charge in [0.25, 0.3) is 0 Å². The van der Waals surface area contributed by atoms with Crippen molar-refractivity contribution < 1.29 is 4.79 Å². The van der Waals surface area contributed by atoms with E-state index in [1.807, 2.05) is 48.1 Å². The predicted molar refractivity (Wildman–Crippen MR) is 121 cm³/mol. The van der Waals surface area contributed by atoms with E-state index in [-0.39, 0.29) is 23.9 Å². The monoisotopic (exact) mass is 420 g/mol. The lowest BCUT2D eigenvalue weighted by atomic mass is 10.0. The molecule has 1 amide bonds. The lowest BCUT2D eigenvalue weighted by molar-refractivity contribution is -0.136. The fourth-order valence-corrected chi connectivity index (χ4v) is 4.48. The van der Waals surface area contributed by atoms with Gasteiger partial charge in [0.05, 0.1) is 6.04 Å². The highest BCUT2D eigenvalue weighted by Gasteiger charge is 2.32. The summed E-state index contributed by atoms with van der Waals surface area (Å²) in [5.41, 5.74) is 1.23. The fraction of sp³-hybridized carbons (Fsp3) is 0.458. The van der Waals surface area contributed by atoms with E-state index >= 15 is 0 Å². The first-order valence-electron chi connectivity index (χ1n) is 11.0. The maximum absolute atomic E-state index is 13.2. The van der Waals surface area contributed by atoms with Crippen molar-refractivity contribution in [2.45, 2.75) is 38.8 Å². The highest BCUT2D eigenvalue weighted by molar-refractivity contribution is 5.80. The van der Waals surface area contributed by atoms with Crippen LogP contribution in [0.1, 0.15) is 56.0 Å². The first-order chi connectivity index (χ1) is 15.0. The van der Waals surface area contributed by atoms with Gasteiger partial charge in [0.1, 0.15) is 17.7 Å². The summed E-state index contributed by atoms with van der Waals surface area (Å²) in [7, 11) is 2.04. The Morgan fingerprint density at radius 3 is 2.16 bits per heavy atom. The third-order valence-corrected chi connectivity index (χ3v) is 6.20. The van der Waals surface area contributed by atoms with Crippen LogP contribution in [-0.2, 0) is 11.8 Å². The summed E-state index contributed by atoms with van der Waals surface area (Å²) in [5, 5.41) is 0. The number of amides is 1. The topological polar surface area (TPSA) is 59.2 Å². The molecule has 3 heterocycles. The average Bonchev–Trinajstić information content (AvgIpc) is 3.44. The highest BCUT2D eigenvalue weighted by atomic mass is 16.2. The summed E-state index contributed by atoms with van der Waals surface area (Å²) in [6.07, 6.45) is 7.54. The van der Waals surface area contributed by atoms with E-state index in [1.165, 1.54) is 5.56 Å². The van der Waals surface area contributed by atoms with Gasteiger partial charge in [0.15, 0.2) is 0 Å². The minimum atomic E-state index is -0.245. The third kappa shape index (κ3) is 4.28. The summed E-state index contributed by atoms with van der Waals surface area (Å²) < 4.78 is 4.10. The van der Waals surface area contributed by atoms with Crippen LogP contribution in [-0.4, -0.2) is 61.0 Å². The minimum Gasteiger partial charge on any atom is -0.338 e. The molecule has 1 saturated heterocycles. The van der Waals surface area contributed by atoms with Gasteiger partial charge in [-0.05, 0) is 12.5 Å². The number of carbonyl (C=O) groups excluding carboxylic acids is 1. The molecule has 0 radical (unpaired) electrons. The first-order valence-corrected chi connectivity index (χ1v) is 11.0. The van der Waals surface area contributed by atoms with Gasteiger partial charge in [-0.15, -0.1) is 0 Å². The Morgan fingerprint density at radius 2 is 1.55 bits per heavy atom. The van der Waals surface area contributed by atoms with Gasteiger partial charge in [0.2, 0.25) is 5.91 Å². The number of piperazine rings is 1. The van der Waals surface area contributed by atoms with E-state index in [0.717, 1.165) is 24.7 Å². The zero-order chi connectivity index (χ0) is 22.0. The number of hydrogen-bond acceptors (Lipinski definition) is 4. The summed E-state index contributed by atoms with van der Waals surface area (Å²) in [6.45, 7) is 9.23. The lowest BCUT2D eigenvalue weighted by Gasteiger charge is -2.40. The Morgan fingerprint density at radius 1 is 0.903 bits per heavy atom. The maximum Gasteiger partial charge on any atom is 0.245 e. The molecule has 2 atom stereocenters. The zero-order valence-electron chi connectivity index (χ0n) is 18.8. The van der Waals surface area contributed by atoms with Crippen LogP contribution >= 0.6 is 0 Å². The molecule has 1 fully saturated rings. The Labute approximate surface area is 184 Å². The van der Waals surface area contributed by atoms with Crippen molar-refractivity contribution in [2.24, 2.45) is 7.05 Å². The molecule has 1 aliphatic rings. The van der Waals surface area contributed by atoms with Crippen LogP contribution in [0.3, 0.4) is 0 Å². The van der Waals surface area contributed by atoms with Crippen molar-refractivity contribution in [1.82, 2.24) is 28.9 Å². The van der Waals surface area contributed by atoms with Crippen LogP contribution in [0, 0.1) is 0 Å². The molecular weight excluding hydrogens is 388 g/mol. The van der Waals surface area contributed by atoms with Crippen molar-refractivity contribution >= 4 is 5.91 Å². The summed E-state index contributed by atoms with van der Waals surface area (Å²) >= 11 is 0. The van der Waals surface area contributed by atoms with E-state index in [0.29, 0.717) is 13.1 Å². The van der Waals surface area contributed by atoms with Gasteiger partial charge in [-0.25, -0.2) is 9.97 Å². The molecule has 0 spiro atoms. The largest absolute Gasteiger partial charge is 0.338 e. The number of nitrogens with zero attached hydrogens (tertiary/aromatic N) is 6. The molecular formula is C24H32N6O. The standard InChI is InChI=1S/C24H32N6O/c1-18(2)22-25-11-13-30(22)19(3)24(31)29-16-14-28(15-17-29)21(20-8-6-5-7-9-20)23-26-10-12-27(23)4/h5-13,18-19,21H,14-17H2,1-4H3/t19-,21-/m0/s1. The second-order valence-corrected chi connectivity index (χ2v) is 8.59. The Bertz CT molecular complexity index is 1000. The molecule has 4 rings (SSSR count). The summed E-state index contributed by atoms with van der Waals surface area (Å²) in [6, 6.07) is 10.3. The normalized spacial score (nSPS) is 17.1. The molecule has 2 aromatic heterocycles. The number of carbonyl (C=O) groups is 1. The van der Waals surface area contributed by atoms with Crippen LogP contribution < -0.4 is 0 Å². The van der Waals surface area contributed by atoms with Gasteiger partial charge in [-0.3, -0.25) is 9.69 Å². The number of aromatic nitrogens is 4. The van der Waals surface area contributed by atoms with Crippen LogP contribution in [0.5, 0.6) is 0 Å². The Hall–Kier alpha value is -2.93. The van der Waals surface area contributed by atoms with Gasteiger partial charge in [-0.1, -0.05) is 44.2 Å². The van der Waals surface area contributed by atoms with Crippen molar-refractivity contribution in [3.8, 4) is 0 Å². The molecule has 164 valence electrons. The summed E-state index contributed by atoms with van der Waals surface area (Å²) in [5.74, 6) is 2.43. The molecule has 7 heteroatoms. The van der Waals surface area contributed by atoms with Gasteiger partial charge < -0.3 is 14.0 Å². The number of imidazole rings is 2. The molecule has 0 bridgehead atoms. The molecule has 3 aromatic rings. The smallest absolute Gasteiger partial charge is 0.245 e. The van der Waals surface area contributed by atoms with Crippen LogP contribution in [0.25, 0.3) is 0 Å². The number of benzene rings is 1. The van der Waals surface area contributed by atoms with Gasteiger partial charge >= 0.3 is 0 Å².